The standard InChI is InChI=1S/C23H20BrNO/c1-2-20(24)22-25-21-16-10-9-15-19(21)23(26-22,17-11-5-3-6-12-17)18-13-7-4-8-14-18/h3-16,20H,2H2,1H3. The minimum Gasteiger partial charge on any atom is -0.459 e. The molecule has 1 aliphatic heterocycles. The lowest BCUT2D eigenvalue weighted by atomic mass is 9.78. The van der Waals surface area contributed by atoms with Gasteiger partial charge in [0.1, 0.15) is 0 Å². The van der Waals surface area contributed by atoms with Crippen molar-refractivity contribution in [1.29, 1.82) is 0 Å². The fourth-order valence-electron chi connectivity index (χ4n) is 3.47. The molecule has 1 atom stereocenters. The number of alkyl halides is 1. The van der Waals surface area contributed by atoms with Crippen LogP contribution in [0.5, 0.6) is 0 Å². The summed E-state index contributed by atoms with van der Waals surface area (Å²) in [6, 6.07) is 29.1. The van der Waals surface area contributed by atoms with Gasteiger partial charge in [0.2, 0.25) is 5.90 Å². The number of rotatable bonds is 4. The highest BCUT2D eigenvalue weighted by Gasteiger charge is 2.44. The van der Waals surface area contributed by atoms with E-state index in [0.717, 1.165) is 34.7 Å². The molecule has 3 heteroatoms. The van der Waals surface area contributed by atoms with E-state index in [1.165, 1.54) is 0 Å². The molecule has 3 aromatic rings. The molecule has 1 unspecified atom stereocenters. The van der Waals surface area contributed by atoms with Crippen molar-refractivity contribution in [2.45, 2.75) is 23.8 Å². The van der Waals surface area contributed by atoms with Gasteiger partial charge in [-0.15, -0.1) is 0 Å². The number of hydrogen-bond acceptors (Lipinski definition) is 2. The number of ether oxygens (including phenoxy) is 1. The van der Waals surface area contributed by atoms with Crippen LogP contribution >= 0.6 is 15.9 Å². The van der Waals surface area contributed by atoms with E-state index in [1.807, 2.05) is 18.2 Å². The van der Waals surface area contributed by atoms with Crippen molar-refractivity contribution in [3.8, 4) is 0 Å². The van der Waals surface area contributed by atoms with E-state index in [-0.39, 0.29) is 4.83 Å². The van der Waals surface area contributed by atoms with E-state index in [4.69, 9.17) is 9.73 Å². The Hall–Kier alpha value is -2.39. The Kier molecular flexibility index (Phi) is 4.64. The van der Waals surface area contributed by atoms with Crippen LogP contribution in [0.1, 0.15) is 30.0 Å². The summed E-state index contributed by atoms with van der Waals surface area (Å²) in [7, 11) is 0. The van der Waals surface area contributed by atoms with Crippen LogP contribution in [-0.4, -0.2) is 10.7 Å². The SMILES string of the molecule is CCC(Br)C1=Nc2ccccc2C(c2ccccc2)(c2ccccc2)O1. The molecule has 0 saturated heterocycles. The maximum absolute atomic E-state index is 6.73. The first-order valence-electron chi connectivity index (χ1n) is 8.88. The lowest BCUT2D eigenvalue weighted by Gasteiger charge is -2.40. The van der Waals surface area contributed by atoms with Crippen LogP contribution in [0, 0.1) is 0 Å². The van der Waals surface area contributed by atoms with Crippen molar-refractivity contribution < 1.29 is 4.74 Å². The first kappa shape index (κ1) is 17.0. The summed E-state index contributed by atoms with van der Waals surface area (Å²) in [5.41, 5.74) is 3.51. The van der Waals surface area contributed by atoms with Crippen LogP contribution in [0.25, 0.3) is 0 Å². The molecule has 0 amide bonds. The van der Waals surface area contributed by atoms with Crippen molar-refractivity contribution in [2.24, 2.45) is 4.99 Å². The van der Waals surface area contributed by atoms with E-state index in [9.17, 15) is 0 Å². The highest BCUT2D eigenvalue weighted by atomic mass is 79.9. The minimum absolute atomic E-state index is 0.0719. The molecule has 3 aromatic carbocycles. The molecule has 0 fully saturated rings. The molecule has 0 aromatic heterocycles. The van der Waals surface area contributed by atoms with Gasteiger partial charge in [0, 0.05) is 16.7 Å². The molecule has 0 N–H and O–H groups in total. The Bertz CT molecular complexity index is 882. The molecule has 0 radical (unpaired) electrons. The molecule has 2 nitrogen and oxygen atoms in total. The number of aliphatic imine (C=N–C) groups is 1. The average Bonchev–Trinajstić information content (AvgIpc) is 2.73. The topological polar surface area (TPSA) is 21.6 Å². The smallest absolute Gasteiger partial charge is 0.204 e. The molecule has 4 rings (SSSR count). The van der Waals surface area contributed by atoms with Gasteiger partial charge in [-0.3, -0.25) is 0 Å². The van der Waals surface area contributed by atoms with Crippen molar-refractivity contribution in [3.63, 3.8) is 0 Å². The quantitative estimate of drug-likeness (QED) is 0.472. The highest BCUT2D eigenvalue weighted by Crippen LogP contribution is 2.47. The Morgan fingerprint density at radius 1 is 0.846 bits per heavy atom. The van der Waals surface area contributed by atoms with Gasteiger partial charge in [-0.2, -0.15) is 0 Å². The number of nitrogens with zero attached hydrogens (tertiary/aromatic N) is 1. The van der Waals surface area contributed by atoms with Gasteiger partial charge in [0.25, 0.3) is 0 Å². The van der Waals surface area contributed by atoms with Crippen molar-refractivity contribution in [3.05, 3.63) is 102 Å². The van der Waals surface area contributed by atoms with E-state index in [0.29, 0.717) is 0 Å². The van der Waals surface area contributed by atoms with Crippen LogP contribution in [0.15, 0.2) is 89.9 Å². The summed E-state index contributed by atoms with van der Waals surface area (Å²) in [6.07, 6.45) is 0.903. The van der Waals surface area contributed by atoms with Crippen LogP contribution in [0.4, 0.5) is 5.69 Å². The zero-order valence-corrected chi connectivity index (χ0v) is 16.2. The number of benzene rings is 3. The number of fused-ring (bicyclic) bond motifs is 1. The fourth-order valence-corrected chi connectivity index (χ4v) is 3.67. The van der Waals surface area contributed by atoms with Gasteiger partial charge in [-0.1, -0.05) is 102 Å². The number of halogens is 1. The molecule has 0 spiro atoms. The van der Waals surface area contributed by atoms with Crippen molar-refractivity contribution in [1.82, 2.24) is 0 Å². The van der Waals surface area contributed by atoms with E-state index in [1.54, 1.807) is 0 Å². The molecule has 1 aliphatic rings. The maximum atomic E-state index is 6.73. The van der Waals surface area contributed by atoms with Gasteiger partial charge in [0.05, 0.1) is 10.5 Å². The summed E-state index contributed by atoms with van der Waals surface area (Å²) in [5, 5.41) is 0. The molecule has 1 heterocycles. The first-order valence-corrected chi connectivity index (χ1v) is 9.79. The summed E-state index contributed by atoms with van der Waals surface area (Å²) in [6.45, 7) is 2.12. The molecule has 0 saturated carbocycles. The largest absolute Gasteiger partial charge is 0.459 e. The Balaban J connectivity index is 2.04. The van der Waals surface area contributed by atoms with Crippen LogP contribution in [0.2, 0.25) is 0 Å². The van der Waals surface area contributed by atoms with E-state index in [2.05, 4.69) is 89.6 Å². The van der Waals surface area contributed by atoms with Gasteiger partial charge in [-0.25, -0.2) is 4.99 Å². The van der Waals surface area contributed by atoms with Crippen LogP contribution < -0.4 is 0 Å². The van der Waals surface area contributed by atoms with E-state index < -0.39 is 5.60 Å². The second-order valence-corrected chi connectivity index (χ2v) is 7.46. The predicted octanol–water partition coefficient (Wildman–Crippen LogP) is 6.21. The van der Waals surface area contributed by atoms with Gasteiger partial charge < -0.3 is 4.74 Å². The minimum atomic E-state index is -0.711. The third-order valence-electron chi connectivity index (χ3n) is 4.76. The zero-order chi connectivity index (χ0) is 18.0. The van der Waals surface area contributed by atoms with Gasteiger partial charge in [0.15, 0.2) is 5.60 Å². The average molecular weight is 406 g/mol. The summed E-state index contributed by atoms with van der Waals surface area (Å²) in [5.74, 6) is 0.721. The fraction of sp³-hybridized carbons (Fsp3) is 0.174. The number of hydrogen-bond donors (Lipinski definition) is 0. The Labute approximate surface area is 162 Å². The van der Waals surface area contributed by atoms with Crippen molar-refractivity contribution in [2.75, 3.05) is 0 Å². The van der Waals surface area contributed by atoms with Gasteiger partial charge in [-0.05, 0) is 12.5 Å². The van der Waals surface area contributed by atoms with Crippen LogP contribution in [0.3, 0.4) is 0 Å². The lowest BCUT2D eigenvalue weighted by molar-refractivity contribution is 0.132. The van der Waals surface area contributed by atoms with E-state index >= 15 is 0 Å². The Morgan fingerprint density at radius 2 is 1.38 bits per heavy atom. The maximum Gasteiger partial charge on any atom is 0.204 e. The first-order chi connectivity index (χ1) is 12.8. The molecule has 0 aliphatic carbocycles. The molecule has 26 heavy (non-hydrogen) atoms. The highest BCUT2D eigenvalue weighted by molar-refractivity contribution is 9.10. The third-order valence-corrected chi connectivity index (χ3v) is 5.80. The van der Waals surface area contributed by atoms with Crippen LogP contribution in [-0.2, 0) is 10.3 Å². The lowest BCUT2D eigenvalue weighted by Crippen LogP contribution is -2.39. The third kappa shape index (κ3) is 2.77. The predicted molar refractivity (Wildman–Crippen MR) is 110 cm³/mol. The molecular formula is C23H20BrNO. The molecule has 130 valence electrons. The monoisotopic (exact) mass is 405 g/mol. The second kappa shape index (κ2) is 7.08. The normalized spacial score (nSPS) is 16.2. The summed E-state index contributed by atoms with van der Waals surface area (Å²) >= 11 is 3.73. The molecular weight excluding hydrogens is 386 g/mol. The van der Waals surface area contributed by atoms with Crippen molar-refractivity contribution >= 4 is 27.5 Å². The number of para-hydroxylation sites is 1. The molecule has 0 bridgehead atoms. The zero-order valence-electron chi connectivity index (χ0n) is 14.6. The Morgan fingerprint density at radius 3 is 1.96 bits per heavy atom. The summed E-state index contributed by atoms with van der Waals surface area (Å²) in [4.78, 5) is 4.88. The summed E-state index contributed by atoms with van der Waals surface area (Å²) < 4.78 is 6.73. The second-order valence-electron chi connectivity index (χ2n) is 6.36. The van der Waals surface area contributed by atoms with Gasteiger partial charge >= 0.3 is 0 Å².